The van der Waals surface area contributed by atoms with Crippen LogP contribution >= 0.6 is 0 Å². The van der Waals surface area contributed by atoms with Gasteiger partial charge < -0.3 is 20.9 Å². The van der Waals surface area contributed by atoms with Crippen LogP contribution < -0.4 is 5.73 Å². The molecule has 1 unspecified atom stereocenters. The summed E-state index contributed by atoms with van der Waals surface area (Å²) in [4.78, 5) is 14.1. The smallest absolute Gasteiger partial charge is 0.233 e. The number of aliphatic hydroxyl groups is 1. The lowest BCUT2D eigenvalue weighted by molar-refractivity contribution is -0.138. The quantitative estimate of drug-likeness (QED) is 0.268. The number of amides is 1. The van der Waals surface area contributed by atoms with Crippen LogP contribution in [0.3, 0.4) is 0 Å². The number of nitrogens with two attached hydrogens (primary N) is 1. The largest absolute Gasteiger partial charge is 0.409 e. The summed E-state index contributed by atoms with van der Waals surface area (Å²) in [5.74, 6) is -0.748. The van der Waals surface area contributed by atoms with Crippen molar-refractivity contribution in [2.75, 3.05) is 13.2 Å². The van der Waals surface area contributed by atoms with E-state index in [1.807, 2.05) is 6.92 Å². The second kappa shape index (κ2) is 7.20. The Morgan fingerprint density at radius 1 is 1.56 bits per heavy atom. The van der Waals surface area contributed by atoms with Crippen molar-refractivity contribution in [1.82, 2.24) is 4.90 Å². The standard InChI is InChI=1S/C12H23N3O3/c1-2-4-10(11(13)14-18)12(17)15(7-8-16)9-5-3-6-9/h9-10,16,18H,2-8H2,1H3,(H2,13,14). The number of nitrogens with zero attached hydrogens (tertiary/aromatic N) is 2. The van der Waals surface area contributed by atoms with E-state index in [1.165, 1.54) is 0 Å². The molecule has 6 heteroatoms. The van der Waals surface area contributed by atoms with Crippen molar-refractivity contribution in [3.63, 3.8) is 0 Å². The highest BCUT2D eigenvalue weighted by Crippen LogP contribution is 2.26. The number of rotatable bonds is 7. The zero-order valence-corrected chi connectivity index (χ0v) is 10.9. The van der Waals surface area contributed by atoms with Gasteiger partial charge in [-0.2, -0.15) is 0 Å². The summed E-state index contributed by atoms with van der Waals surface area (Å²) in [6.45, 7) is 2.21. The van der Waals surface area contributed by atoms with Crippen LogP contribution in [0.25, 0.3) is 0 Å². The van der Waals surface area contributed by atoms with Gasteiger partial charge in [0, 0.05) is 12.6 Å². The van der Waals surface area contributed by atoms with Crippen molar-refractivity contribution in [1.29, 1.82) is 0 Å². The maximum atomic E-state index is 12.4. The van der Waals surface area contributed by atoms with Gasteiger partial charge in [0.25, 0.3) is 0 Å². The highest BCUT2D eigenvalue weighted by molar-refractivity contribution is 6.02. The number of hydrogen-bond donors (Lipinski definition) is 3. The maximum absolute atomic E-state index is 12.4. The number of carbonyl (C=O) groups excluding carboxylic acids is 1. The highest BCUT2D eigenvalue weighted by Gasteiger charge is 2.33. The minimum atomic E-state index is -0.577. The summed E-state index contributed by atoms with van der Waals surface area (Å²) in [5.41, 5.74) is 5.59. The first-order chi connectivity index (χ1) is 8.65. The summed E-state index contributed by atoms with van der Waals surface area (Å²) in [7, 11) is 0. The summed E-state index contributed by atoms with van der Waals surface area (Å²) in [6.07, 6.45) is 4.40. The number of oxime groups is 1. The zero-order chi connectivity index (χ0) is 13.5. The first-order valence-corrected chi connectivity index (χ1v) is 6.54. The lowest BCUT2D eigenvalue weighted by atomic mass is 9.89. The van der Waals surface area contributed by atoms with Gasteiger partial charge in [-0.1, -0.05) is 18.5 Å². The summed E-state index contributed by atoms with van der Waals surface area (Å²) >= 11 is 0. The Morgan fingerprint density at radius 3 is 2.61 bits per heavy atom. The molecule has 1 fully saturated rings. The fourth-order valence-electron chi connectivity index (χ4n) is 2.24. The molecule has 1 rings (SSSR count). The van der Waals surface area contributed by atoms with Gasteiger partial charge >= 0.3 is 0 Å². The second-order valence-electron chi connectivity index (χ2n) is 4.71. The van der Waals surface area contributed by atoms with E-state index in [1.54, 1.807) is 4.90 Å². The Bertz CT molecular complexity index is 303. The van der Waals surface area contributed by atoms with Gasteiger partial charge in [0.1, 0.15) is 0 Å². The third kappa shape index (κ3) is 3.35. The lowest BCUT2D eigenvalue weighted by Gasteiger charge is -2.39. The van der Waals surface area contributed by atoms with Crippen LogP contribution in [0.5, 0.6) is 0 Å². The minimum absolute atomic E-state index is 0.0379. The molecule has 1 saturated carbocycles. The molecule has 0 bridgehead atoms. The Labute approximate surface area is 107 Å². The Kier molecular flexibility index (Phi) is 5.91. The predicted octanol–water partition coefficient (Wildman–Crippen LogP) is 0.523. The second-order valence-corrected chi connectivity index (χ2v) is 4.71. The van der Waals surface area contributed by atoms with Crippen LogP contribution in [0, 0.1) is 5.92 Å². The lowest BCUT2D eigenvalue weighted by Crippen LogP contribution is -2.50. The third-order valence-corrected chi connectivity index (χ3v) is 3.49. The molecular formula is C12H23N3O3. The van der Waals surface area contributed by atoms with Crippen LogP contribution in [0.2, 0.25) is 0 Å². The summed E-state index contributed by atoms with van der Waals surface area (Å²) < 4.78 is 0. The van der Waals surface area contributed by atoms with Gasteiger partial charge in [-0.05, 0) is 25.7 Å². The van der Waals surface area contributed by atoms with Crippen LogP contribution in [0.1, 0.15) is 39.0 Å². The van der Waals surface area contributed by atoms with Crippen LogP contribution in [0.4, 0.5) is 0 Å². The molecule has 0 spiro atoms. The van der Waals surface area contributed by atoms with Gasteiger partial charge in [0.05, 0.1) is 12.5 Å². The SMILES string of the molecule is CCCC(C(=O)N(CCO)C1CCC1)C(N)=NO. The predicted molar refractivity (Wildman–Crippen MR) is 68.2 cm³/mol. The average molecular weight is 257 g/mol. The molecule has 0 aromatic carbocycles. The van der Waals surface area contributed by atoms with Gasteiger partial charge in [0.15, 0.2) is 5.84 Å². The van der Waals surface area contributed by atoms with E-state index in [2.05, 4.69) is 5.16 Å². The fraction of sp³-hybridized carbons (Fsp3) is 0.833. The highest BCUT2D eigenvalue weighted by atomic mass is 16.4. The number of aliphatic hydroxyl groups excluding tert-OH is 1. The Hall–Kier alpha value is -1.30. The van der Waals surface area contributed by atoms with E-state index in [-0.39, 0.29) is 24.4 Å². The molecule has 0 aromatic rings. The molecular weight excluding hydrogens is 234 g/mol. The molecule has 1 atom stereocenters. The third-order valence-electron chi connectivity index (χ3n) is 3.49. The minimum Gasteiger partial charge on any atom is -0.409 e. The number of hydrogen-bond acceptors (Lipinski definition) is 4. The van der Waals surface area contributed by atoms with Gasteiger partial charge in [-0.15, -0.1) is 0 Å². The van der Waals surface area contributed by atoms with Crippen molar-refractivity contribution >= 4 is 11.7 Å². The topological polar surface area (TPSA) is 99.2 Å². The molecule has 1 aliphatic rings. The molecule has 0 saturated heterocycles. The van der Waals surface area contributed by atoms with E-state index in [4.69, 9.17) is 16.0 Å². The first-order valence-electron chi connectivity index (χ1n) is 6.54. The zero-order valence-electron chi connectivity index (χ0n) is 10.9. The molecule has 0 aliphatic heterocycles. The van der Waals surface area contributed by atoms with E-state index in [0.29, 0.717) is 13.0 Å². The number of carbonyl (C=O) groups is 1. The van der Waals surface area contributed by atoms with E-state index >= 15 is 0 Å². The molecule has 0 heterocycles. The first kappa shape index (κ1) is 14.8. The molecule has 1 amide bonds. The molecule has 4 N–H and O–H groups in total. The number of amidine groups is 1. The van der Waals surface area contributed by atoms with Crippen LogP contribution in [-0.4, -0.2) is 46.1 Å². The Balaban J connectivity index is 2.76. The normalized spacial score (nSPS) is 18.2. The van der Waals surface area contributed by atoms with E-state index in [9.17, 15) is 4.79 Å². The van der Waals surface area contributed by atoms with Crippen molar-refractivity contribution < 1.29 is 15.1 Å². The van der Waals surface area contributed by atoms with Gasteiger partial charge in [-0.25, -0.2) is 0 Å². The van der Waals surface area contributed by atoms with Crippen molar-refractivity contribution in [3.05, 3.63) is 0 Å². The molecule has 1 aliphatic carbocycles. The molecule has 0 radical (unpaired) electrons. The Morgan fingerprint density at radius 2 is 2.22 bits per heavy atom. The maximum Gasteiger partial charge on any atom is 0.233 e. The molecule has 18 heavy (non-hydrogen) atoms. The van der Waals surface area contributed by atoms with Gasteiger partial charge in [-0.3, -0.25) is 4.79 Å². The monoisotopic (exact) mass is 257 g/mol. The summed E-state index contributed by atoms with van der Waals surface area (Å²) in [6, 6.07) is 0.204. The average Bonchev–Trinajstić information content (AvgIpc) is 2.31. The molecule has 0 aromatic heterocycles. The molecule has 6 nitrogen and oxygen atoms in total. The van der Waals surface area contributed by atoms with E-state index in [0.717, 1.165) is 25.7 Å². The van der Waals surface area contributed by atoms with E-state index < -0.39 is 5.92 Å². The van der Waals surface area contributed by atoms with Crippen LogP contribution in [0.15, 0.2) is 5.16 Å². The molecule has 104 valence electrons. The van der Waals surface area contributed by atoms with Crippen LogP contribution in [-0.2, 0) is 4.79 Å². The summed E-state index contributed by atoms with van der Waals surface area (Å²) in [5, 5.41) is 20.8. The van der Waals surface area contributed by atoms with Crippen molar-refractivity contribution in [2.45, 2.75) is 45.1 Å². The fourth-order valence-corrected chi connectivity index (χ4v) is 2.24. The van der Waals surface area contributed by atoms with Gasteiger partial charge in [0.2, 0.25) is 5.91 Å². The van der Waals surface area contributed by atoms with Crippen molar-refractivity contribution in [2.24, 2.45) is 16.8 Å². The van der Waals surface area contributed by atoms with Crippen molar-refractivity contribution in [3.8, 4) is 0 Å².